The molecule has 0 aliphatic carbocycles. The molecule has 0 aliphatic rings. The summed E-state index contributed by atoms with van der Waals surface area (Å²) in [6, 6.07) is 19.7. The van der Waals surface area contributed by atoms with E-state index < -0.39 is 0 Å². The van der Waals surface area contributed by atoms with E-state index in [0.717, 1.165) is 16.1 Å². The topological polar surface area (TPSA) is 42.0 Å². The molecular weight excluding hydrogens is 292 g/mol. The largest absolute Gasteiger partial charge is 0.344 e. The van der Waals surface area contributed by atoms with Crippen molar-refractivity contribution >= 4 is 17.2 Å². The molecule has 0 fully saturated rings. The molecule has 3 nitrogen and oxygen atoms in total. The lowest BCUT2D eigenvalue weighted by molar-refractivity contribution is 0.0935. The highest BCUT2D eigenvalue weighted by atomic mass is 32.1. The fraction of sp³-hybridized carbons (Fsp3) is 0.111. The average Bonchev–Trinajstić information content (AvgIpc) is 3.06. The van der Waals surface area contributed by atoms with Crippen molar-refractivity contribution in [2.24, 2.45) is 0 Å². The highest BCUT2D eigenvalue weighted by Gasteiger charge is 2.14. The maximum absolute atomic E-state index is 12.3. The molecule has 0 saturated carbocycles. The van der Waals surface area contributed by atoms with Crippen LogP contribution in [0.5, 0.6) is 0 Å². The summed E-state index contributed by atoms with van der Waals surface area (Å²) < 4.78 is 0. The van der Waals surface area contributed by atoms with Crippen molar-refractivity contribution in [3.05, 3.63) is 77.3 Å². The Bertz CT molecular complexity index is 753. The third-order valence-electron chi connectivity index (χ3n) is 3.40. The van der Waals surface area contributed by atoms with Gasteiger partial charge >= 0.3 is 0 Å². The van der Waals surface area contributed by atoms with E-state index in [2.05, 4.69) is 10.3 Å². The highest BCUT2D eigenvalue weighted by molar-refractivity contribution is 7.13. The Morgan fingerprint density at radius 3 is 2.36 bits per heavy atom. The first-order valence-electron chi connectivity index (χ1n) is 7.11. The molecule has 1 heterocycles. The van der Waals surface area contributed by atoms with Gasteiger partial charge < -0.3 is 5.32 Å². The molecular formula is C18H16N2OS. The Hall–Kier alpha value is -2.46. The van der Waals surface area contributed by atoms with Gasteiger partial charge in [-0.2, -0.15) is 0 Å². The molecule has 1 aromatic heterocycles. The molecule has 3 rings (SSSR count). The summed E-state index contributed by atoms with van der Waals surface area (Å²) in [4.78, 5) is 16.7. The molecule has 110 valence electrons. The average molecular weight is 308 g/mol. The van der Waals surface area contributed by atoms with E-state index >= 15 is 0 Å². The molecule has 0 aliphatic heterocycles. The van der Waals surface area contributed by atoms with Crippen LogP contribution in [0, 0.1) is 0 Å². The maximum Gasteiger partial charge on any atom is 0.271 e. The zero-order valence-corrected chi connectivity index (χ0v) is 13.0. The van der Waals surface area contributed by atoms with Gasteiger partial charge in [-0.3, -0.25) is 4.79 Å². The first kappa shape index (κ1) is 14.5. The van der Waals surface area contributed by atoms with Crippen LogP contribution in [0.25, 0.3) is 10.6 Å². The zero-order chi connectivity index (χ0) is 15.4. The number of hydrogen-bond acceptors (Lipinski definition) is 3. The molecule has 1 amide bonds. The van der Waals surface area contributed by atoms with Crippen LogP contribution in [-0.2, 0) is 0 Å². The van der Waals surface area contributed by atoms with Gasteiger partial charge in [0.25, 0.3) is 5.91 Å². The van der Waals surface area contributed by atoms with E-state index in [9.17, 15) is 4.79 Å². The van der Waals surface area contributed by atoms with Gasteiger partial charge in [-0.05, 0) is 12.5 Å². The van der Waals surface area contributed by atoms with Gasteiger partial charge in [0.2, 0.25) is 0 Å². The van der Waals surface area contributed by atoms with Crippen LogP contribution in [0.4, 0.5) is 0 Å². The van der Waals surface area contributed by atoms with Crippen molar-refractivity contribution < 1.29 is 4.79 Å². The lowest BCUT2D eigenvalue weighted by Crippen LogP contribution is -2.26. The number of nitrogens with one attached hydrogen (secondary N) is 1. The first-order chi connectivity index (χ1) is 10.7. The second-order valence-electron chi connectivity index (χ2n) is 5.01. The van der Waals surface area contributed by atoms with Crippen LogP contribution in [0.2, 0.25) is 0 Å². The summed E-state index contributed by atoms with van der Waals surface area (Å²) in [5, 5.41) is 5.64. The number of nitrogens with zero attached hydrogens (tertiary/aromatic N) is 1. The quantitative estimate of drug-likeness (QED) is 0.780. The summed E-state index contributed by atoms with van der Waals surface area (Å²) in [5.74, 6) is -0.144. The van der Waals surface area contributed by atoms with Gasteiger partial charge in [-0.25, -0.2) is 4.98 Å². The van der Waals surface area contributed by atoms with Gasteiger partial charge in [-0.15, -0.1) is 11.3 Å². The fourth-order valence-electron chi connectivity index (χ4n) is 2.19. The van der Waals surface area contributed by atoms with Crippen LogP contribution in [0.3, 0.4) is 0 Å². The smallest absolute Gasteiger partial charge is 0.271 e. The molecule has 0 saturated heterocycles. The second-order valence-corrected chi connectivity index (χ2v) is 5.87. The fourth-order valence-corrected chi connectivity index (χ4v) is 2.99. The van der Waals surface area contributed by atoms with Crippen LogP contribution in [0.1, 0.15) is 29.0 Å². The third kappa shape index (κ3) is 3.23. The Morgan fingerprint density at radius 1 is 1.05 bits per heavy atom. The predicted octanol–water partition coefficient (Wildman–Crippen LogP) is 4.30. The minimum absolute atomic E-state index is 0.0458. The lowest BCUT2D eigenvalue weighted by Gasteiger charge is -2.13. The van der Waals surface area contributed by atoms with Crippen LogP contribution in [-0.4, -0.2) is 10.9 Å². The summed E-state index contributed by atoms with van der Waals surface area (Å²) >= 11 is 1.48. The number of carbonyl (C=O) groups excluding carboxylic acids is 1. The SMILES string of the molecule is C[C@H](NC(=O)c1csc(-c2ccccc2)n1)c1ccccc1. The summed E-state index contributed by atoms with van der Waals surface area (Å²) in [7, 11) is 0. The van der Waals surface area contributed by atoms with Crippen molar-refractivity contribution in [2.75, 3.05) is 0 Å². The van der Waals surface area contributed by atoms with Crippen LogP contribution < -0.4 is 5.32 Å². The molecule has 0 bridgehead atoms. The lowest BCUT2D eigenvalue weighted by atomic mass is 10.1. The number of aromatic nitrogens is 1. The van der Waals surface area contributed by atoms with E-state index in [0.29, 0.717) is 5.69 Å². The second kappa shape index (κ2) is 6.54. The molecule has 0 unspecified atom stereocenters. The number of rotatable bonds is 4. The van der Waals surface area contributed by atoms with E-state index in [1.807, 2.05) is 67.6 Å². The van der Waals surface area contributed by atoms with Crippen molar-refractivity contribution in [3.8, 4) is 10.6 Å². The van der Waals surface area contributed by atoms with E-state index in [-0.39, 0.29) is 11.9 Å². The molecule has 0 radical (unpaired) electrons. The highest BCUT2D eigenvalue weighted by Crippen LogP contribution is 2.23. The molecule has 1 N–H and O–H groups in total. The van der Waals surface area contributed by atoms with Crippen molar-refractivity contribution in [1.82, 2.24) is 10.3 Å². The molecule has 22 heavy (non-hydrogen) atoms. The van der Waals surface area contributed by atoms with E-state index in [1.54, 1.807) is 5.38 Å². The summed E-state index contributed by atoms with van der Waals surface area (Å²) in [6.45, 7) is 1.97. The van der Waals surface area contributed by atoms with Gasteiger partial charge in [0, 0.05) is 10.9 Å². The Balaban J connectivity index is 1.72. The first-order valence-corrected chi connectivity index (χ1v) is 7.99. The number of hydrogen-bond donors (Lipinski definition) is 1. The van der Waals surface area contributed by atoms with Gasteiger partial charge in [0.05, 0.1) is 6.04 Å². The van der Waals surface area contributed by atoms with E-state index in [1.165, 1.54) is 11.3 Å². The molecule has 4 heteroatoms. The number of carbonyl (C=O) groups is 1. The Morgan fingerprint density at radius 2 is 1.68 bits per heavy atom. The van der Waals surface area contributed by atoms with Crippen molar-refractivity contribution in [3.63, 3.8) is 0 Å². The van der Waals surface area contributed by atoms with Crippen LogP contribution in [0.15, 0.2) is 66.0 Å². The van der Waals surface area contributed by atoms with Crippen molar-refractivity contribution in [1.29, 1.82) is 0 Å². The normalized spacial score (nSPS) is 11.9. The zero-order valence-electron chi connectivity index (χ0n) is 12.2. The van der Waals surface area contributed by atoms with Gasteiger partial charge in [0.1, 0.15) is 10.7 Å². The minimum atomic E-state index is -0.144. The maximum atomic E-state index is 12.3. The Labute approximate surface area is 133 Å². The molecule has 2 aromatic carbocycles. The predicted molar refractivity (Wildman–Crippen MR) is 89.9 cm³/mol. The van der Waals surface area contributed by atoms with Crippen LogP contribution >= 0.6 is 11.3 Å². The third-order valence-corrected chi connectivity index (χ3v) is 4.30. The number of benzene rings is 2. The number of thiazole rings is 1. The van der Waals surface area contributed by atoms with Gasteiger partial charge in [-0.1, -0.05) is 60.7 Å². The van der Waals surface area contributed by atoms with Crippen molar-refractivity contribution in [2.45, 2.75) is 13.0 Å². The molecule has 3 aromatic rings. The standard InChI is InChI=1S/C18H16N2OS/c1-13(14-8-4-2-5-9-14)19-17(21)16-12-22-18(20-16)15-10-6-3-7-11-15/h2-13H,1H3,(H,19,21)/t13-/m0/s1. The minimum Gasteiger partial charge on any atom is -0.344 e. The summed E-state index contributed by atoms with van der Waals surface area (Å²) in [6.07, 6.45) is 0. The Kier molecular flexibility index (Phi) is 4.30. The van der Waals surface area contributed by atoms with Gasteiger partial charge in [0.15, 0.2) is 0 Å². The monoisotopic (exact) mass is 308 g/mol. The number of amides is 1. The molecule has 0 spiro atoms. The summed E-state index contributed by atoms with van der Waals surface area (Å²) in [5.41, 5.74) is 2.57. The van der Waals surface area contributed by atoms with E-state index in [4.69, 9.17) is 0 Å². The molecule has 1 atom stereocenters.